The average Bonchev–Trinajstić information content (AvgIpc) is 3.07. The van der Waals surface area contributed by atoms with Gasteiger partial charge in [-0.05, 0) is 112 Å². The predicted molar refractivity (Wildman–Crippen MR) is 123 cm³/mol. The Morgan fingerprint density at radius 2 is 1.81 bits per heavy atom. The summed E-state index contributed by atoms with van der Waals surface area (Å²) in [7, 11) is 0. The van der Waals surface area contributed by atoms with Crippen molar-refractivity contribution in [2.24, 2.45) is 40.4 Å². The minimum Gasteiger partial charge on any atom is -0.466 e. The Labute approximate surface area is 194 Å². The van der Waals surface area contributed by atoms with Crippen molar-refractivity contribution < 1.29 is 24.2 Å². The van der Waals surface area contributed by atoms with E-state index in [1.165, 1.54) is 32.6 Å². The van der Waals surface area contributed by atoms with Gasteiger partial charge in [-0.1, -0.05) is 13.8 Å². The third kappa shape index (κ3) is 4.12. The van der Waals surface area contributed by atoms with E-state index < -0.39 is 0 Å². The summed E-state index contributed by atoms with van der Waals surface area (Å²) in [4.78, 5) is 23.3. The van der Waals surface area contributed by atoms with E-state index in [1.807, 2.05) is 6.92 Å². The van der Waals surface area contributed by atoms with Crippen LogP contribution in [0.25, 0.3) is 0 Å². The molecule has 4 aliphatic carbocycles. The van der Waals surface area contributed by atoms with Gasteiger partial charge in [-0.25, -0.2) is 0 Å². The second-order valence-electron chi connectivity index (χ2n) is 11.8. The van der Waals surface area contributed by atoms with E-state index in [0.29, 0.717) is 42.6 Å². The SMILES string of the molecule is CCOC(=O)CCC[C@H]1CCC2C3CC[C@@H]4C[C@H](OC(C)=O)CC[C@]4(C)C3C[C@H](O)[C@@]21C. The molecule has 0 bridgehead atoms. The largest absolute Gasteiger partial charge is 0.466 e. The molecule has 4 saturated carbocycles. The summed E-state index contributed by atoms with van der Waals surface area (Å²) in [6.07, 6.45) is 11.1. The molecule has 182 valence electrons. The number of aliphatic hydroxyl groups is 1. The highest BCUT2D eigenvalue weighted by Crippen LogP contribution is 2.68. The molecule has 1 N–H and O–H groups in total. The van der Waals surface area contributed by atoms with Gasteiger partial charge in [-0.3, -0.25) is 9.59 Å². The Bertz CT molecular complexity index is 706. The van der Waals surface area contributed by atoms with E-state index in [2.05, 4.69) is 13.8 Å². The maximum Gasteiger partial charge on any atom is 0.305 e. The summed E-state index contributed by atoms with van der Waals surface area (Å²) in [5, 5.41) is 11.6. The molecule has 32 heavy (non-hydrogen) atoms. The average molecular weight is 449 g/mol. The molecule has 0 aliphatic heterocycles. The predicted octanol–water partition coefficient (Wildman–Crippen LogP) is 5.28. The second kappa shape index (κ2) is 9.27. The van der Waals surface area contributed by atoms with Crippen LogP contribution in [0.15, 0.2) is 0 Å². The molecule has 0 aromatic rings. The first-order valence-electron chi connectivity index (χ1n) is 13.2. The lowest BCUT2D eigenvalue weighted by Gasteiger charge is -2.62. The van der Waals surface area contributed by atoms with Gasteiger partial charge in [-0.2, -0.15) is 0 Å². The van der Waals surface area contributed by atoms with Crippen LogP contribution in [-0.4, -0.2) is 35.9 Å². The lowest BCUT2D eigenvalue weighted by molar-refractivity contribution is -0.178. The van der Waals surface area contributed by atoms with Crippen molar-refractivity contribution in [3.8, 4) is 0 Å². The van der Waals surface area contributed by atoms with Gasteiger partial charge in [0.2, 0.25) is 0 Å². The van der Waals surface area contributed by atoms with Crippen molar-refractivity contribution in [3.05, 3.63) is 0 Å². The number of fused-ring (bicyclic) bond motifs is 5. The Morgan fingerprint density at radius 3 is 2.53 bits per heavy atom. The second-order valence-corrected chi connectivity index (χ2v) is 11.8. The summed E-state index contributed by atoms with van der Waals surface area (Å²) in [6.45, 7) is 8.65. The molecule has 0 radical (unpaired) electrons. The van der Waals surface area contributed by atoms with E-state index in [4.69, 9.17) is 9.47 Å². The zero-order chi connectivity index (χ0) is 23.1. The fraction of sp³-hybridized carbons (Fsp3) is 0.926. The summed E-state index contributed by atoms with van der Waals surface area (Å²) in [5.41, 5.74) is 0.234. The van der Waals surface area contributed by atoms with Crippen LogP contribution in [0.1, 0.15) is 98.3 Å². The molecule has 4 aliphatic rings. The summed E-state index contributed by atoms with van der Waals surface area (Å²) in [5.74, 6) is 2.72. The number of aliphatic hydroxyl groups excluding tert-OH is 1. The topological polar surface area (TPSA) is 72.8 Å². The van der Waals surface area contributed by atoms with Crippen LogP contribution in [0.2, 0.25) is 0 Å². The highest BCUT2D eigenvalue weighted by molar-refractivity contribution is 5.69. The summed E-state index contributed by atoms with van der Waals surface area (Å²) >= 11 is 0. The maximum atomic E-state index is 11.8. The molecule has 9 atom stereocenters. The van der Waals surface area contributed by atoms with Gasteiger partial charge in [0.1, 0.15) is 6.10 Å². The molecule has 4 fully saturated rings. The minimum absolute atomic E-state index is 0.0199. The lowest BCUT2D eigenvalue weighted by atomic mass is 9.44. The van der Waals surface area contributed by atoms with E-state index in [0.717, 1.165) is 38.5 Å². The molecule has 5 heteroatoms. The molecular weight excluding hydrogens is 404 g/mol. The molecular formula is C27H44O5. The summed E-state index contributed by atoms with van der Waals surface area (Å²) in [6, 6.07) is 0. The molecule has 0 heterocycles. The number of carbonyl (C=O) groups is 2. The normalized spacial score (nSPS) is 45.3. The van der Waals surface area contributed by atoms with Gasteiger partial charge in [0, 0.05) is 13.3 Å². The van der Waals surface area contributed by atoms with E-state index >= 15 is 0 Å². The molecule has 0 aromatic carbocycles. The first kappa shape index (κ1) is 24.0. The van der Waals surface area contributed by atoms with Crippen molar-refractivity contribution in [2.75, 3.05) is 6.61 Å². The molecule has 4 rings (SSSR count). The van der Waals surface area contributed by atoms with Crippen molar-refractivity contribution in [2.45, 2.75) is 111 Å². The first-order valence-corrected chi connectivity index (χ1v) is 13.2. The van der Waals surface area contributed by atoms with Gasteiger partial charge in [0.25, 0.3) is 0 Å². The lowest BCUT2D eigenvalue weighted by Crippen LogP contribution is -2.58. The van der Waals surface area contributed by atoms with Crippen LogP contribution in [-0.2, 0) is 19.1 Å². The van der Waals surface area contributed by atoms with Crippen molar-refractivity contribution >= 4 is 11.9 Å². The van der Waals surface area contributed by atoms with Crippen LogP contribution in [0.4, 0.5) is 0 Å². The van der Waals surface area contributed by atoms with E-state index in [-0.39, 0.29) is 35.0 Å². The van der Waals surface area contributed by atoms with Gasteiger partial charge < -0.3 is 14.6 Å². The quantitative estimate of drug-likeness (QED) is 0.560. The van der Waals surface area contributed by atoms with E-state index in [9.17, 15) is 14.7 Å². The number of carbonyl (C=O) groups excluding carboxylic acids is 2. The van der Waals surface area contributed by atoms with Crippen LogP contribution >= 0.6 is 0 Å². The fourth-order valence-electron chi connectivity index (χ4n) is 8.84. The number of rotatable bonds is 6. The van der Waals surface area contributed by atoms with Gasteiger partial charge >= 0.3 is 11.9 Å². The van der Waals surface area contributed by atoms with Crippen LogP contribution < -0.4 is 0 Å². The highest BCUT2D eigenvalue weighted by atomic mass is 16.5. The number of hydrogen-bond donors (Lipinski definition) is 1. The molecule has 0 aromatic heterocycles. The highest BCUT2D eigenvalue weighted by Gasteiger charge is 2.63. The third-order valence-electron chi connectivity index (χ3n) is 10.5. The zero-order valence-electron chi connectivity index (χ0n) is 20.6. The van der Waals surface area contributed by atoms with Crippen molar-refractivity contribution in [3.63, 3.8) is 0 Å². The Hall–Kier alpha value is -1.10. The van der Waals surface area contributed by atoms with Crippen molar-refractivity contribution in [1.29, 1.82) is 0 Å². The number of hydrogen-bond acceptors (Lipinski definition) is 5. The minimum atomic E-state index is -0.259. The molecule has 0 saturated heterocycles. The van der Waals surface area contributed by atoms with Gasteiger partial charge in [0.15, 0.2) is 0 Å². The Kier molecular flexibility index (Phi) is 6.96. The molecule has 3 unspecified atom stereocenters. The third-order valence-corrected chi connectivity index (χ3v) is 10.5. The molecule has 0 spiro atoms. The standard InChI is InChI=1S/C27H44O5/c1-5-31-25(30)8-6-7-18-10-12-22-21-11-9-19-15-20(32-17(2)28)13-14-26(19,3)23(21)16-24(29)27(18,22)4/h18-24,29H,5-16H2,1-4H3/t18-,19+,20+,21?,22?,23?,24-,26-,27+/m0/s1. The Balaban J connectivity index is 1.44. The van der Waals surface area contributed by atoms with Crippen LogP contribution in [0.5, 0.6) is 0 Å². The number of esters is 2. The molecule has 5 nitrogen and oxygen atoms in total. The number of ether oxygens (including phenoxy) is 2. The summed E-state index contributed by atoms with van der Waals surface area (Å²) < 4.78 is 10.7. The van der Waals surface area contributed by atoms with Crippen molar-refractivity contribution in [1.82, 2.24) is 0 Å². The van der Waals surface area contributed by atoms with Crippen LogP contribution in [0, 0.1) is 40.4 Å². The van der Waals surface area contributed by atoms with Crippen LogP contribution in [0.3, 0.4) is 0 Å². The zero-order valence-corrected chi connectivity index (χ0v) is 20.6. The molecule has 0 amide bonds. The monoisotopic (exact) mass is 448 g/mol. The maximum absolute atomic E-state index is 11.8. The van der Waals surface area contributed by atoms with E-state index in [1.54, 1.807) is 0 Å². The van der Waals surface area contributed by atoms with Gasteiger partial charge in [0.05, 0.1) is 12.7 Å². The smallest absolute Gasteiger partial charge is 0.305 e. The fourth-order valence-corrected chi connectivity index (χ4v) is 8.84. The van der Waals surface area contributed by atoms with Gasteiger partial charge in [-0.15, -0.1) is 0 Å². The first-order chi connectivity index (χ1) is 15.2. The Morgan fingerprint density at radius 1 is 1.03 bits per heavy atom.